The summed E-state index contributed by atoms with van der Waals surface area (Å²) in [6.07, 6.45) is 3.05. The molecule has 2 fully saturated rings. The molecule has 1 atom stereocenters. The number of hydrogen-bond acceptors (Lipinski definition) is 3. The average Bonchev–Trinajstić information content (AvgIpc) is 3.23. The summed E-state index contributed by atoms with van der Waals surface area (Å²) in [5.74, 6) is 0.451. The van der Waals surface area contributed by atoms with E-state index in [0.29, 0.717) is 30.6 Å². The van der Waals surface area contributed by atoms with Gasteiger partial charge in [-0.1, -0.05) is 23.7 Å². The average molecular weight is 309 g/mol. The summed E-state index contributed by atoms with van der Waals surface area (Å²) in [7, 11) is 0. The van der Waals surface area contributed by atoms with E-state index in [1.54, 1.807) is 0 Å². The second-order valence-corrected chi connectivity index (χ2v) is 6.68. The molecule has 1 saturated carbocycles. The fourth-order valence-electron chi connectivity index (χ4n) is 3.09. The SMILES string of the molecule is O=C(CN1CCC(O)(C2CC2)C1)NCc1cccc(Cl)c1. The standard InChI is InChI=1S/C16H21ClN2O2/c17-14-3-1-2-12(8-14)9-18-15(20)10-19-7-6-16(21,11-19)13-4-5-13/h1-3,8,13,21H,4-7,9-11H2,(H,18,20). The predicted octanol–water partition coefficient (Wildman–Crippen LogP) is 1.80. The van der Waals surface area contributed by atoms with Gasteiger partial charge in [0.2, 0.25) is 5.91 Å². The summed E-state index contributed by atoms with van der Waals surface area (Å²) in [5, 5.41) is 14.0. The minimum atomic E-state index is -0.548. The maximum Gasteiger partial charge on any atom is 0.234 e. The number of amides is 1. The van der Waals surface area contributed by atoms with Crippen molar-refractivity contribution in [1.82, 2.24) is 10.2 Å². The summed E-state index contributed by atoms with van der Waals surface area (Å²) in [4.78, 5) is 14.0. The quantitative estimate of drug-likeness (QED) is 0.872. The molecule has 1 aromatic rings. The molecule has 0 bridgehead atoms. The second kappa shape index (κ2) is 5.95. The van der Waals surface area contributed by atoms with Crippen LogP contribution in [0.2, 0.25) is 5.02 Å². The minimum Gasteiger partial charge on any atom is -0.388 e. The van der Waals surface area contributed by atoms with Crippen molar-refractivity contribution in [2.45, 2.75) is 31.4 Å². The fourth-order valence-corrected chi connectivity index (χ4v) is 3.31. The highest BCUT2D eigenvalue weighted by atomic mass is 35.5. The van der Waals surface area contributed by atoms with E-state index < -0.39 is 5.60 Å². The summed E-state index contributed by atoms with van der Waals surface area (Å²) in [6, 6.07) is 7.48. The lowest BCUT2D eigenvalue weighted by molar-refractivity contribution is -0.122. The van der Waals surface area contributed by atoms with E-state index in [1.165, 1.54) is 0 Å². The van der Waals surface area contributed by atoms with Crippen LogP contribution in [0.25, 0.3) is 0 Å². The van der Waals surface area contributed by atoms with Crippen LogP contribution in [0.3, 0.4) is 0 Å². The molecule has 1 saturated heterocycles. The van der Waals surface area contributed by atoms with Gasteiger partial charge in [0.25, 0.3) is 0 Å². The third-order valence-corrected chi connectivity index (χ3v) is 4.68. The molecule has 1 amide bonds. The number of carbonyl (C=O) groups is 1. The molecule has 21 heavy (non-hydrogen) atoms. The van der Waals surface area contributed by atoms with E-state index in [-0.39, 0.29) is 5.91 Å². The molecular formula is C16H21ClN2O2. The molecule has 2 N–H and O–H groups in total. The van der Waals surface area contributed by atoms with Crippen molar-refractivity contribution in [3.63, 3.8) is 0 Å². The van der Waals surface area contributed by atoms with Gasteiger partial charge in [0.05, 0.1) is 12.1 Å². The van der Waals surface area contributed by atoms with Crippen molar-refractivity contribution < 1.29 is 9.90 Å². The molecule has 3 rings (SSSR count). The summed E-state index contributed by atoms with van der Waals surface area (Å²) in [5.41, 5.74) is 0.444. The Hall–Kier alpha value is -1.10. The number of benzene rings is 1. The van der Waals surface area contributed by atoms with Crippen molar-refractivity contribution in [2.24, 2.45) is 5.92 Å². The number of nitrogens with one attached hydrogen (secondary N) is 1. The first kappa shape index (κ1) is 14.8. The first-order valence-electron chi connectivity index (χ1n) is 7.51. The molecule has 1 aliphatic carbocycles. The van der Waals surface area contributed by atoms with E-state index in [1.807, 2.05) is 29.2 Å². The molecular weight excluding hydrogens is 288 g/mol. The molecule has 4 nitrogen and oxygen atoms in total. The molecule has 2 aliphatic rings. The number of rotatable bonds is 5. The van der Waals surface area contributed by atoms with E-state index >= 15 is 0 Å². The van der Waals surface area contributed by atoms with Crippen molar-refractivity contribution in [1.29, 1.82) is 0 Å². The first-order valence-corrected chi connectivity index (χ1v) is 7.89. The Morgan fingerprint density at radius 3 is 3.00 bits per heavy atom. The van der Waals surface area contributed by atoms with Crippen molar-refractivity contribution in [2.75, 3.05) is 19.6 Å². The number of nitrogens with zero attached hydrogens (tertiary/aromatic N) is 1. The zero-order valence-corrected chi connectivity index (χ0v) is 12.8. The van der Waals surface area contributed by atoms with Crippen molar-refractivity contribution in [3.05, 3.63) is 34.9 Å². The Morgan fingerprint density at radius 2 is 2.29 bits per heavy atom. The van der Waals surface area contributed by atoms with Crippen LogP contribution in [0.15, 0.2) is 24.3 Å². The van der Waals surface area contributed by atoms with Crippen LogP contribution >= 0.6 is 11.6 Å². The van der Waals surface area contributed by atoms with Gasteiger partial charge in [-0.2, -0.15) is 0 Å². The molecule has 0 radical (unpaired) electrons. The zero-order chi connectivity index (χ0) is 14.9. The van der Waals surface area contributed by atoms with Gasteiger partial charge in [-0.15, -0.1) is 0 Å². The van der Waals surface area contributed by atoms with E-state index in [4.69, 9.17) is 11.6 Å². The molecule has 5 heteroatoms. The lowest BCUT2D eigenvalue weighted by Gasteiger charge is -2.22. The minimum absolute atomic E-state index is 0.00461. The van der Waals surface area contributed by atoms with Crippen LogP contribution in [0.1, 0.15) is 24.8 Å². The highest BCUT2D eigenvalue weighted by molar-refractivity contribution is 6.30. The maximum absolute atomic E-state index is 12.0. The Balaban J connectivity index is 1.44. The first-order chi connectivity index (χ1) is 10.0. The van der Waals surface area contributed by atoms with Gasteiger partial charge in [0.1, 0.15) is 0 Å². The Kier molecular flexibility index (Phi) is 4.20. The normalized spacial score (nSPS) is 26.0. The zero-order valence-electron chi connectivity index (χ0n) is 12.0. The third kappa shape index (κ3) is 3.76. The number of carbonyl (C=O) groups excluding carboxylic acids is 1. The number of likely N-dealkylation sites (tertiary alicyclic amines) is 1. The van der Waals surface area contributed by atoms with E-state index in [0.717, 1.165) is 31.4 Å². The summed E-state index contributed by atoms with van der Waals surface area (Å²) >= 11 is 5.92. The number of hydrogen-bond donors (Lipinski definition) is 2. The van der Waals surface area contributed by atoms with Crippen LogP contribution in [-0.2, 0) is 11.3 Å². The smallest absolute Gasteiger partial charge is 0.234 e. The van der Waals surface area contributed by atoms with Crippen molar-refractivity contribution in [3.8, 4) is 0 Å². The highest BCUT2D eigenvalue weighted by Crippen LogP contribution is 2.44. The van der Waals surface area contributed by atoms with Crippen LogP contribution in [0, 0.1) is 5.92 Å². The molecule has 1 aromatic carbocycles. The highest BCUT2D eigenvalue weighted by Gasteiger charge is 2.47. The van der Waals surface area contributed by atoms with Crippen LogP contribution in [-0.4, -0.2) is 41.1 Å². The predicted molar refractivity (Wildman–Crippen MR) is 82.0 cm³/mol. The molecule has 1 aliphatic heterocycles. The van der Waals surface area contributed by atoms with Gasteiger partial charge in [0, 0.05) is 24.7 Å². The Labute approximate surface area is 130 Å². The molecule has 1 heterocycles. The summed E-state index contributed by atoms with van der Waals surface area (Å²) in [6.45, 7) is 2.27. The molecule has 0 spiro atoms. The van der Waals surface area contributed by atoms with Crippen LogP contribution in [0.5, 0.6) is 0 Å². The monoisotopic (exact) mass is 308 g/mol. The van der Waals surface area contributed by atoms with Gasteiger partial charge >= 0.3 is 0 Å². The lowest BCUT2D eigenvalue weighted by atomic mass is 9.97. The van der Waals surface area contributed by atoms with Gasteiger partial charge in [-0.3, -0.25) is 9.69 Å². The summed E-state index contributed by atoms with van der Waals surface area (Å²) < 4.78 is 0. The number of β-amino-alcohol motifs (C(OH)–C–C–N with tert-alkyl or cyclic N) is 1. The number of halogens is 1. The molecule has 114 valence electrons. The lowest BCUT2D eigenvalue weighted by Crippen LogP contribution is -2.40. The van der Waals surface area contributed by atoms with E-state index in [9.17, 15) is 9.90 Å². The Morgan fingerprint density at radius 1 is 1.48 bits per heavy atom. The van der Waals surface area contributed by atoms with E-state index in [2.05, 4.69) is 5.32 Å². The van der Waals surface area contributed by atoms with Crippen LogP contribution < -0.4 is 5.32 Å². The number of aliphatic hydroxyl groups is 1. The van der Waals surface area contributed by atoms with Gasteiger partial charge in [-0.25, -0.2) is 0 Å². The van der Waals surface area contributed by atoms with Crippen molar-refractivity contribution >= 4 is 17.5 Å². The Bertz CT molecular complexity index is 533. The van der Waals surface area contributed by atoms with Crippen LogP contribution in [0.4, 0.5) is 0 Å². The fraction of sp³-hybridized carbons (Fsp3) is 0.562. The van der Waals surface area contributed by atoms with Gasteiger partial charge in [0.15, 0.2) is 0 Å². The largest absolute Gasteiger partial charge is 0.388 e. The molecule has 1 unspecified atom stereocenters. The topological polar surface area (TPSA) is 52.6 Å². The van der Waals surface area contributed by atoms with Gasteiger partial charge in [-0.05, 0) is 42.9 Å². The second-order valence-electron chi connectivity index (χ2n) is 6.25. The van der Waals surface area contributed by atoms with Gasteiger partial charge < -0.3 is 10.4 Å². The molecule has 0 aromatic heterocycles. The maximum atomic E-state index is 12.0. The third-order valence-electron chi connectivity index (χ3n) is 4.44.